The smallest absolute Gasteiger partial charge is 0.163 e. The minimum absolute atomic E-state index is 0.206. The van der Waals surface area contributed by atoms with Gasteiger partial charge < -0.3 is 4.57 Å². The molecule has 1 aromatic heterocycles. The molecule has 1 aromatic carbocycles. The highest BCUT2D eigenvalue weighted by molar-refractivity contribution is 5.74. The Kier molecular flexibility index (Phi) is 2.81. The molecule has 0 N–H and O–H groups in total. The van der Waals surface area contributed by atoms with Crippen LogP contribution in [-0.2, 0) is 6.54 Å². The number of rotatable bonds is 3. The molecule has 0 saturated heterocycles. The zero-order valence-corrected chi connectivity index (χ0v) is 8.36. The lowest BCUT2D eigenvalue weighted by Gasteiger charge is -2.04. The standard InChI is InChI=1S/C12H9F2NO/c13-11-3-1-2-10(12(11)14)7-15-5-4-9(6-15)8-16/h1-6,8H,7H2. The predicted molar refractivity (Wildman–Crippen MR) is 55.3 cm³/mol. The van der Waals surface area contributed by atoms with Crippen LogP contribution in [0.25, 0.3) is 0 Å². The molecule has 0 aliphatic heterocycles. The van der Waals surface area contributed by atoms with Crippen molar-refractivity contribution in [2.75, 3.05) is 0 Å². The van der Waals surface area contributed by atoms with E-state index in [2.05, 4.69) is 0 Å². The van der Waals surface area contributed by atoms with Crippen molar-refractivity contribution < 1.29 is 13.6 Å². The summed E-state index contributed by atoms with van der Waals surface area (Å²) in [4.78, 5) is 10.4. The van der Waals surface area contributed by atoms with E-state index < -0.39 is 11.6 Å². The van der Waals surface area contributed by atoms with Gasteiger partial charge in [0.15, 0.2) is 17.9 Å². The number of aldehydes is 1. The highest BCUT2D eigenvalue weighted by atomic mass is 19.2. The fourth-order valence-electron chi connectivity index (χ4n) is 1.49. The lowest BCUT2D eigenvalue weighted by Crippen LogP contribution is -2.01. The second-order valence-electron chi connectivity index (χ2n) is 3.45. The molecule has 2 rings (SSSR count). The van der Waals surface area contributed by atoms with Crippen molar-refractivity contribution in [2.45, 2.75) is 6.54 Å². The minimum atomic E-state index is -0.861. The van der Waals surface area contributed by atoms with E-state index >= 15 is 0 Å². The topological polar surface area (TPSA) is 22.0 Å². The fraction of sp³-hybridized carbons (Fsp3) is 0.0833. The number of halogens is 2. The molecule has 0 bridgehead atoms. The number of benzene rings is 1. The highest BCUT2D eigenvalue weighted by Crippen LogP contribution is 2.13. The van der Waals surface area contributed by atoms with Crippen molar-refractivity contribution in [1.82, 2.24) is 4.57 Å². The summed E-state index contributed by atoms with van der Waals surface area (Å²) in [6.45, 7) is 0.206. The lowest BCUT2D eigenvalue weighted by molar-refractivity contribution is 0.112. The summed E-state index contributed by atoms with van der Waals surface area (Å²) in [6.07, 6.45) is 3.93. The number of hydrogen-bond donors (Lipinski definition) is 0. The van der Waals surface area contributed by atoms with E-state index in [4.69, 9.17) is 0 Å². The van der Waals surface area contributed by atoms with Gasteiger partial charge in [-0.15, -0.1) is 0 Å². The molecule has 0 aliphatic rings. The molecule has 0 fully saturated rings. The molecular weight excluding hydrogens is 212 g/mol. The van der Waals surface area contributed by atoms with E-state index in [9.17, 15) is 13.6 Å². The van der Waals surface area contributed by atoms with E-state index in [0.717, 1.165) is 6.07 Å². The maximum Gasteiger partial charge on any atom is 0.163 e. The Morgan fingerprint density at radius 1 is 1.25 bits per heavy atom. The molecule has 0 spiro atoms. The third-order valence-corrected chi connectivity index (χ3v) is 2.29. The first-order chi connectivity index (χ1) is 7.70. The summed E-state index contributed by atoms with van der Waals surface area (Å²) >= 11 is 0. The molecule has 0 amide bonds. The molecule has 0 atom stereocenters. The Labute approximate surface area is 91.1 Å². The average Bonchev–Trinajstić information content (AvgIpc) is 2.73. The Hall–Kier alpha value is -1.97. The first-order valence-corrected chi connectivity index (χ1v) is 4.74. The second-order valence-corrected chi connectivity index (χ2v) is 3.45. The van der Waals surface area contributed by atoms with Gasteiger partial charge in [0, 0.05) is 23.5 Å². The molecule has 1 heterocycles. The van der Waals surface area contributed by atoms with Crippen LogP contribution in [0.5, 0.6) is 0 Å². The van der Waals surface area contributed by atoms with Gasteiger partial charge in [-0.05, 0) is 12.1 Å². The van der Waals surface area contributed by atoms with Crippen LogP contribution in [0.15, 0.2) is 36.7 Å². The van der Waals surface area contributed by atoms with Gasteiger partial charge in [-0.1, -0.05) is 12.1 Å². The maximum absolute atomic E-state index is 13.3. The van der Waals surface area contributed by atoms with Crippen LogP contribution in [0.1, 0.15) is 15.9 Å². The second kappa shape index (κ2) is 4.26. The largest absolute Gasteiger partial charge is 0.349 e. The van der Waals surface area contributed by atoms with Crippen molar-refractivity contribution in [2.24, 2.45) is 0 Å². The number of nitrogens with zero attached hydrogens (tertiary/aromatic N) is 1. The molecular formula is C12H9F2NO. The van der Waals surface area contributed by atoms with Crippen LogP contribution in [0.2, 0.25) is 0 Å². The van der Waals surface area contributed by atoms with Gasteiger partial charge in [0.2, 0.25) is 0 Å². The summed E-state index contributed by atoms with van der Waals surface area (Å²) in [6, 6.07) is 5.66. The average molecular weight is 221 g/mol. The van der Waals surface area contributed by atoms with Crippen LogP contribution in [0.4, 0.5) is 8.78 Å². The van der Waals surface area contributed by atoms with Gasteiger partial charge >= 0.3 is 0 Å². The van der Waals surface area contributed by atoms with Gasteiger partial charge in [-0.25, -0.2) is 8.78 Å². The Morgan fingerprint density at radius 3 is 2.75 bits per heavy atom. The summed E-state index contributed by atoms with van der Waals surface area (Å²) < 4.78 is 27.9. The summed E-state index contributed by atoms with van der Waals surface area (Å²) in [7, 11) is 0. The number of hydrogen-bond acceptors (Lipinski definition) is 1. The quantitative estimate of drug-likeness (QED) is 0.730. The zero-order chi connectivity index (χ0) is 11.5. The molecule has 82 valence electrons. The van der Waals surface area contributed by atoms with Crippen molar-refractivity contribution in [1.29, 1.82) is 0 Å². The van der Waals surface area contributed by atoms with Crippen molar-refractivity contribution >= 4 is 6.29 Å². The van der Waals surface area contributed by atoms with Crippen molar-refractivity contribution in [3.63, 3.8) is 0 Å². The van der Waals surface area contributed by atoms with Gasteiger partial charge in [0.1, 0.15) is 0 Å². The van der Waals surface area contributed by atoms with Gasteiger partial charge in [-0.3, -0.25) is 4.79 Å². The first kappa shape index (κ1) is 10.5. The monoisotopic (exact) mass is 221 g/mol. The Balaban J connectivity index is 2.26. The molecule has 0 saturated carbocycles. The third kappa shape index (κ3) is 2.00. The zero-order valence-electron chi connectivity index (χ0n) is 8.36. The third-order valence-electron chi connectivity index (χ3n) is 2.29. The normalized spacial score (nSPS) is 10.4. The number of aromatic nitrogens is 1. The molecule has 2 nitrogen and oxygen atoms in total. The Bertz CT molecular complexity index is 519. The minimum Gasteiger partial charge on any atom is -0.349 e. The van der Waals surface area contributed by atoms with E-state index in [1.54, 1.807) is 23.0 Å². The fourth-order valence-corrected chi connectivity index (χ4v) is 1.49. The molecule has 4 heteroatoms. The first-order valence-electron chi connectivity index (χ1n) is 4.74. The van der Waals surface area contributed by atoms with Crippen LogP contribution in [-0.4, -0.2) is 10.9 Å². The van der Waals surface area contributed by atoms with Gasteiger partial charge in [0.05, 0.1) is 6.54 Å². The molecule has 0 radical (unpaired) electrons. The van der Waals surface area contributed by atoms with Gasteiger partial charge in [-0.2, -0.15) is 0 Å². The van der Waals surface area contributed by atoms with Crippen LogP contribution >= 0.6 is 0 Å². The summed E-state index contributed by atoms with van der Waals surface area (Å²) in [5.41, 5.74) is 0.768. The molecule has 0 unspecified atom stereocenters. The maximum atomic E-state index is 13.3. The highest BCUT2D eigenvalue weighted by Gasteiger charge is 2.07. The van der Waals surface area contributed by atoms with E-state index in [0.29, 0.717) is 11.8 Å². The Morgan fingerprint density at radius 2 is 2.06 bits per heavy atom. The molecule has 2 aromatic rings. The molecule has 0 aliphatic carbocycles. The lowest BCUT2D eigenvalue weighted by atomic mass is 10.2. The summed E-state index contributed by atoms with van der Waals surface area (Å²) in [5, 5.41) is 0. The molecule has 16 heavy (non-hydrogen) atoms. The summed E-state index contributed by atoms with van der Waals surface area (Å²) in [5.74, 6) is -1.70. The van der Waals surface area contributed by atoms with Crippen LogP contribution in [0.3, 0.4) is 0 Å². The van der Waals surface area contributed by atoms with Gasteiger partial charge in [0.25, 0.3) is 0 Å². The van der Waals surface area contributed by atoms with Crippen LogP contribution in [0, 0.1) is 11.6 Å². The van der Waals surface area contributed by atoms with Crippen LogP contribution < -0.4 is 0 Å². The van der Waals surface area contributed by atoms with Crippen molar-refractivity contribution in [3.8, 4) is 0 Å². The van der Waals surface area contributed by atoms with E-state index in [1.165, 1.54) is 12.1 Å². The SMILES string of the molecule is O=Cc1ccn(Cc2cccc(F)c2F)c1. The van der Waals surface area contributed by atoms with E-state index in [1.807, 2.05) is 0 Å². The van der Waals surface area contributed by atoms with E-state index in [-0.39, 0.29) is 12.1 Å². The van der Waals surface area contributed by atoms with Crippen molar-refractivity contribution in [3.05, 3.63) is 59.4 Å². The predicted octanol–water partition coefficient (Wildman–Crippen LogP) is 2.63. The number of carbonyl (C=O) groups excluding carboxylic acids is 1. The number of carbonyl (C=O) groups is 1.